The second kappa shape index (κ2) is 4.13. The Kier molecular flexibility index (Phi) is 3.23. The van der Waals surface area contributed by atoms with Crippen LogP contribution >= 0.6 is 0 Å². The van der Waals surface area contributed by atoms with Crippen molar-refractivity contribution in [1.82, 2.24) is 0 Å². The first-order valence-corrected chi connectivity index (χ1v) is 6.21. The minimum Gasteiger partial charge on any atom is -0.398 e. The molecule has 0 aliphatic heterocycles. The van der Waals surface area contributed by atoms with Crippen molar-refractivity contribution in [2.24, 2.45) is 5.73 Å². The van der Waals surface area contributed by atoms with Gasteiger partial charge in [0.2, 0.25) is 5.91 Å². The first kappa shape index (κ1) is 12.5. The molecule has 0 saturated carbocycles. The monoisotopic (exact) mass is 242 g/mol. The number of nitrogen functional groups attached to an aromatic ring is 1. The van der Waals surface area contributed by atoms with Crippen molar-refractivity contribution < 1.29 is 13.2 Å². The van der Waals surface area contributed by atoms with Gasteiger partial charge in [0, 0.05) is 5.69 Å². The number of nitrogens with two attached hydrogens (primary N) is 2. The van der Waals surface area contributed by atoms with E-state index in [4.69, 9.17) is 11.5 Å². The molecule has 0 aliphatic carbocycles. The van der Waals surface area contributed by atoms with E-state index in [-0.39, 0.29) is 4.90 Å². The van der Waals surface area contributed by atoms with Gasteiger partial charge in [-0.05, 0) is 31.5 Å². The fourth-order valence-electron chi connectivity index (χ4n) is 1.28. The zero-order valence-corrected chi connectivity index (χ0v) is 9.91. The molecule has 4 N–H and O–H groups in total. The lowest BCUT2D eigenvalue weighted by Gasteiger charge is -2.12. The summed E-state index contributed by atoms with van der Waals surface area (Å²) in [7, 11) is -3.75. The van der Waals surface area contributed by atoms with Gasteiger partial charge in [0.05, 0.1) is 4.90 Å². The molecule has 6 heteroatoms. The summed E-state index contributed by atoms with van der Waals surface area (Å²) in [5.41, 5.74) is 11.4. The van der Waals surface area contributed by atoms with E-state index in [9.17, 15) is 13.2 Å². The van der Waals surface area contributed by atoms with Gasteiger partial charge in [0.1, 0.15) is 5.25 Å². The molecule has 88 valence electrons. The van der Waals surface area contributed by atoms with E-state index in [0.29, 0.717) is 11.3 Å². The molecule has 0 spiro atoms. The van der Waals surface area contributed by atoms with E-state index >= 15 is 0 Å². The zero-order valence-electron chi connectivity index (χ0n) is 9.10. The van der Waals surface area contributed by atoms with Gasteiger partial charge in [-0.2, -0.15) is 0 Å². The second-order valence-electron chi connectivity index (χ2n) is 3.56. The summed E-state index contributed by atoms with van der Waals surface area (Å²) in [5, 5.41) is -1.26. The summed E-state index contributed by atoms with van der Waals surface area (Å²) in [6.07, 6.45) is 0. The number of rotatable bonds is 3. The molecule has 1 amide bonds. The Labute approximate surface area is 94.4 Å². The quantitative estimate of drug-likeness (QED) is 0.740. The molecule has 0 saturated heterocycles. The molecule has 1 aromatic carbocycles. The predicted octanol–water partition coefficient (Wildman–Crippen LogP) is 0.225. The molecular weight excluding hydrogens is 228 g/mol. The van der Waals surface area contributed by atoms with E-state index in [2.05, 4.69) is 0 Å². The number of benzene rings is 1. The molecule has 0 heterocycles. The molecule has 0 aliphatic rings. The molecule has 1 atom stereocenters. The maximum Gasteiger partial charge on any atom is 0.235 e. The molecule has 1 aromatic rings. The van der Waals surface area contributed by atoms with Gasteiger partial charge in [0.25, 0.3) is 0 Å². The molecule has 16 heavy (non-hydrogen) atoms. The fraction of sp³-hybridized carbons (Fsp3) is 0.300. The zero-order chi connectivity index (χ0) is 12.5. The van der Waals surface area contributed by atoms with Crippen molar-refractivity contribution in [3.8, 4) is 0 Å². The van der Waals surface area contributed by atoms with Crippen molar-refractivity contribution in [1.29, 1.82) is 0 Å². The van der Waals surface area contributed by atoms with Crippen LogP contribution in [0.5, 0.6) is 0 Å². The third-order valence-corrected chi connectivity index (χ3v) is 4.72. The standard InChI is InChI=1S/C10H14N2O3S/c1-6-8(11)4-3-5-9(6)16(14,15)7(2)10(12)13/h3-5,7H,11H2,1-2H3,(H2,12,13). The highest BCUT2D eigenvalue weighted by molar-refractivity contribution is 7.92. The average molecular weight is 242 g/mol. The molecule has 1 rings (SSSR count). The highest BCUT2D eigenvalue weighted by atomic mass is 32.2. The molecular formula is C10H14N2O3S. The Morgan fingerprint density at radius 3 is 2.44 bits per heavy atom. The van der Waals surface area contributed by atoms with Crippen LogP contribution in [-0.2, 0) is 14.6 Å². The molecule has 0 aromatic heterocycles. The summed E-state index contributed by atoms with van der Waals surface area (Å²) in [5.74, 6) is -0.873. The van der Waals surface area contributed by atoms with Crippen LogP contribution in [0.1, 0.15) is 12.5 Å². The lowest BCUT2D eigenvalue weighted by Crippen LogP contribution is -2.33. The van der Waals surface area contributed by atoms with Crippen molar-refractivity contribution in [2.75, 3.05) is 5.73 Å². The normalized spacial score (nSPS) is 13.4. The maximum atomic E-state index is 12.0. The Morgan fingerprint density at radius 1 is 1.38 bits per heavy atom. The highest BCUT2D eigenvalue weighted by Gasteiger charge is 2.29. The summed E-state index contributed by atoms with van der Waals surface area (Å²) < 4.78 is 24.0. The van der Waals surface area contributed by atoms with Crippen LogP contribution in [0, 0.1) is 6.92 Å². The summed E-state index contributed by atoms with van der Waals surface area (Å²) in [6, 6.07) is 4.55. The van der Waals surface area contributed by atoms with E-state index in [0.717, 1.165) is 0 Å². The fourth-order valence-corrected chi connectivity index (χ4v) is 2.78. The van der Waals surface area contributed by atoms with Crippen LogP contribution < -0.4 is 11.5 Å². The maximum absolute atomic E-state index is 12.0. The molecule has 0 bridgehead atoms. The number of primary amides is 1. The van der Waals surface area contributed by atoms with Crippen LogP contribution in [0.2, 0.25) is 0 Å². The lowest BCUT2D eigenvalue weighted by atomic mass is 10.2. The van der Waals surface area contributed by atoms with Gasteiger partial charge in [-0.3, -0.25) is 4.79 Å². The minimum absolute atomic E-state index is 0.0544. The first-order valence-electron chi connectivity index (χ1n) is 4.66. The third-order valence-electron chi connectivity index (χ3n) is 2.50. The number of carbonyl (C=O) groups excluding carboxylic acids is 1. The van der Waals surface area contributed by atoms with E-state index in [1.807, 2.05) is 0 Å². The van der Waals surface area contributed by atoms with Gasteiger partial charge in [-0.15, -0.1) is 0 Å². The summed E-state index contributed by atoms with van der Waals surface area (Å²) in [4.78, 5) is 11.0. The Hall–Kier alpha value is -1.56. The van der Waals surface area contributed by atoms with E-state index in [1.165, 1.54) is 19.1 Å². The smallest absolute Gasteiger partial charge is 0.235 e. The van der Waals surface area contributed by atoms with E-state index < -0.39 is 21.0 Å². The minimum atomic E-state index is -3.75. The van der Waals surface area contributed by atoms with Gasteiger partial charge in [-0.1, -0.05) is 6.07 Å². The van der Waals surface area contributed by atoms with Crippen molar-refractivity contribution in [3.05, 3.63) is 23.8 Å². The van der Waals surface area contributed by atoms with Crippen LogP contribution in [-0.4, -0.2) is 19.6 Å². The van der Waals surface area contributed by atoms with Crippen LogP contribution in [0.4, 0.5) is 5.69 Å². The Balaban J connectivity index is 3.39. The molecule has 0 fully saturated rings. The Bertz CT molecular complexity index is 523. The summed E-state index contributed by atoms with van der Waals surface area (Å²) >= 11 is 0. The highest BCUT2D eigenvalue weighted by Crippen LogP contribution is 2.23. The van der Waals surface area contributed by atoms with Crippen LogP contribution in [0.15, 0.2) is 23.1 Å². The number of hydrogen-bond donors (Lipinski definition) is 2. The Morgan fingerprint density at radius 2 is 1.94 bits per heavy atom. The topological polar surface area (TPSA) is 103 Å². The van der Waals surface area contributed by atoms with Crippen LogP contribution in [0.3, 0.4) is 0 Å². The van der Waals surface area contributed by atoms with Crippen molar-refractivity contribution >= 4 is 21.4 Å². The average Bonchev–Trinajstić information content (AvgIpc) is 2.20. The van der Waals surface area contributed by atoms with Crippen molar-refractivity contribution in [3.63, 3.8) is 0 Å². The largest absolute Gasteiger partial charge is 0.398 e. The number of anilines is 1. The van der Waals surface area contributed by atoms with Crippen LogP contribution in [0.25, 0.3) is 0 Å². The number of carbonyl (C=O) groups is 1. The van der Waals surface area contributed by atoms with Gasteiger partial charge >= 0.3 is 0 Å². The molecule has 1 unspecified atom stereocenters. The number of sulfone groups is 1. The van der Waals surface area contributed by atoms with E-state index in [1.54, 1.807) is 13.0 Å². The predicted molar refractivity (Wildman–Crippen MR) is 61.4 cm³/mol. The second-order valence-corrected chi connectivity index (χ2v) is 5.80. The van der Waals surface area contributed by atoms with Gasteiger partial charge in [-0.25, -0.2) is 8.42 Å². The van der Waals surface area contributed by atoms with Crippen molar-refractivity contribution in [2.45, 2.75) is 24.0 Å². The SMILES string of the molecule is Cc1c(N)cccc1S(=O)(=O)C(C)C(N)=O. The third kappa shape index (κ3) is 2.01. The summed E-state index contributed by atoms with van der Waals surface area (Å²) in [6.45, 7) is 2.86. The van der Waals surface area contributed by atoms with Gasteiger partial charge < -0.3 is 11.5 Å². The molecule has 0 radical (unpaired) electrons. The number of amides is 1. The van der Waals surface area contributed by atoms with Gasteiger partial charge in [0.15, 0.2) is 9.84 Å². The lowest BCUT2D eigenvalue weighted by molar-refractivity contribution is -0.117. The molecule has 5 nitrogen and oxygen atoms in total. The number of hydrogen-bond acceptors (Lipinski definition) is 4. The first-order chi connectivity index (χ1) is 7.28.